The van der Waals surface area contributed by atoms with Crippen molar-refractivity contribution in [2.45, 2.75) is 46.0 Å². The molecule has 0 heterocycles. The molecule has 0 bridgehead atoms. The summed E-state index contributed by atoms with van der Waals surface area (Å²) < 4.78 is 0. The molecule has 21 heavy (non-hydrogen) atoms. The zero-order chi connectivity index (χ0) is 16.2. The van der Waals surface area contributed by atoms with E-state index in [2.05, 4.69) is 5.32 Å². The zero-order valence-electron chi connectivity index (χ0n) is 12.9. The summed E-state index contributed by atoms with van der Waals surface area (Å²) in [5.41, 5.74) is 1.90. The Labute approximate surface area is 125 Å². The molecule has 1 aromatic carbocycles. The van der Waals surface area contributed by atoms with Gasteiger partial charge in [-0.1, -0.05) is 33.8 Å². The van der Waals surface area contributed by atoms with E-state index in [1.807, 2.05) is 33.8 Å². The summed E-state index contributed by atoms with van der Waals surface area (Å²) in [5, 5.41) is 21.4. The second-order valence-corrected chi connectivity index (χ2v) is 5.72. The minimum absolute atomic E-state index is 0.0257. The summed E-state index contributed by atoms with van der Waals surface area (Å²) in [4.78, 5) is 22.6. The maximum Gasteiger partial charge on any atom is 0.305 e. The van der Waals surface area contributed by atoms with Gasteiger partial charge in [0, 0.05) is 6.54 Å². The van der Waals surface area contributed by atoms with Crippen molar-refractivity contribution in [2.75, 3.05) is 6.54 Å². The first-order chi connectivity index (χ1) is 9.73. The molecule has 0 aliphatic heterocycles. The monoisotopic (exact) mass is 293 g/mol. The molecule has 5 heteroatoms. The summed E-state index contributed by atoms with van der Waals surface area (Å²) >= 11 is 0. The van der Waals surface area contributed by atoms with E-state index in [4.69, 9.17) is 5.11 Å². The van der Waals surface area contributed by atoms with Crippen LogP contribution in [0.2, 0.25) is 0 Å². The number of hydrogen-bond acceptors (Lipinski definition) is 3. The number of nitrogens with one attached hydrogen (secondary N) is 1. The highest BCUT2D eigenvalue weighted by Gasteiger charge is 2.19. The average Bonchev–Trinajstić information content (AvgIpc) is 2.37. The molecule has 0 spiro atoms. The van der Waals surface area contributed by atoms with E-state index in [-0.39, 0.29) is 36.1 Å². The van der Waals surface area contributed by atoms with Gasteiger partial charge >= 0.3 is 5.97 Å². The van der Waals surface area contributed by atoms with Crippen LogP contribution < -0.4 is 5.32 Å². The minimum atomic E-state index is -0.974. The number of amides is 1. The molecule has 0 aliphatic carbocycles. The van der Waals surface area contributed by atoms with Crippen LogP contribution in [0.25, 0.3) is 0 Å². The number of carboxylic acid groups (broad SMARTS) is 1. The largest absolute Gasteiger partial charge is 0.507 e. The van der Waals surface area contributed by atoms with E-state index < -0.39 is 11.9 Å². The number of rotatable bonds is 6. The molecule has 1 rings (SSSR count). The quantitative estimate of drug-likeness (QED) is 0.752. The van der Waals surface area contributed by atoms with Crippen LogP contribution in [-0.2, 0) is 4.79 Å². The van der Waals surface area contributed by atoms with Crippen LogP contribution in [-0.4, -0.2) is 28.6 Å². The Balaban J connectivity index is 3.09. The lowest BCUT2D eigenvalue weighted by atomic mass is 9.91. The van der Waals surface area contributed by atoms with Crippen LogP contribution in [0.4, 0.5) is 0 Å². The third-order valence-corrected chi connectivity index (χ3v) is 3.32. The summed E-state index contributed by atoms with van der Waals surface area (Å²) in [5.74, 6) is -1.12. The number of hydrogen-bond donors (Lipinski definition) is 3. The zero-order valence-corrected chi connectivity index (χ0v) is 12.9. The Kier molecular flexibility index (Phi) is 5.76. The molecule has 0 radical (unpaired) electrons. The van der Waals surface area contributed by atoms with Gasteiger partial charge in [-0.2, -0.15) is 0 Å². The number of aromatic hydroxyl groups is 1. The van der Waals surface area contributed by atoms with Gasteiger partial charge in [0.25, 0.3) is 5.91 Å². The lowest BCUT2D eigenvalue weighted by Gasteiger charge is -2.17. The molecule has 116 valence electrons. The van der Waals surface area contributed by atoms with Crippen LogP contribution in [0.15, 0.2) is 12.1 Å². The smallest absolute Gasteiger partial charge is 0.305 e. The molecule has 0 atom stereocenters. The topological polar surface area (TPSA) is 86.6 Å². The fraction of sp³-hybridized carbons (Fsp3) is 0.500. The van der Waals surface area contributed by atoms with Crippen molar-refractivity contribution in [1.29, 1.82) is 0 Å². The lowest BCUT2D eigenvalue weighted by Crippen LogP contribution is -2.26. The van der Waals surface area contributed by atoms with E-state index >= 15 is 0 Å². The summed E-state index contributed by atoms with van der Waals surface area (Å²) in [6, 6.07) is 3.58. The number of aliphatic carboxylic acids is 1. The van der Waals surface area contributed by atoms with E-state index in [1.54, 1.807) is 6.07 Å². The normalized spacial score (nSPS) is 11.0. The predicted octanol–water partition coefficient (Wildman–Crippen LogP) is 2.84. The first-order valence-corrected chi connectivity index (χ1v) is 7.10. The average molecular weight is 293 g/mol. The van der Waals surface area contributed by atoms with Crippen LogP contribution in [0.5, 0.6) is 5.75 Å². The molecule has 3 N–H and O–H groups in total. The SMILES string of the molecule is CC(C)c1cc(C(=O)NCCC(=O)O)c(O)c(C(C)C)c1. The molecular weight excluding hydrogens is 270 g/mol. The van der Waals surface area contributed by atoms with Gasteiger partial charge in [-0.25, -0.2) is 0 Å². The molecule has 1 aromatic rings. The van der Waals surface area contributed by atoms with Gasteiger partial charge in [-0.05, 0) is 29.0 Å². The van der Waals surface area contributed by atoms with Gasteiger partial charge in [-0.3, -0.25) is 9.59 Å². The van der Waals surface area contributed by atoms with Gasteiger partial charge in [0.05, 0.1) is 12.0 Å². The first-order valence-electron chi connectivity index (χ1n) is 7.10. The van der Waals surface area contributed by atoms with Crippen LogP contribution in [0, 0.1) is 0 Å². The molecule has 0 saturated heterocycles. The number of carbonyl (C=O) groups is 2. The van der Waals surface area contributed by atoms with Crippen molar-refractivity contribution in [1.82, 2.24) is 5.32 Å². The molecule has 0 unspecified atom stereocenters. The lowest BCUT2D eigenvalue weighted by molar-refractivity contribution is -0.136. The van der Waals surface area contributed by atoms with Crippen molar-refractivity contribution in [2.24, 2.45) is 0 Å². The summed E-state index contributed by atoms with van der Waals surface area (Å²) in [7, 11) is 0. The van der Waals surface area contributed by atoms with Crippen LogP contribution >= 0.6 is 0 Å². The van der Waals surface area contributed by atoms with Gasteiger partial charge in [0.15, 0.2) is 0 Å². The molecule has 1 amide bonds. The van der Waals surface area contributed by atoms with Gasteiger partial charge in [0.2, 0.25) is 0 Å². The number of benzene rings is 1. The highest BCUT2D eigenvalue weighted by atomic mass is 16.4. The fourth-order valence-corrected chi connectivity index (χ4v) is 2.00. The fourth-order valence-electron chi connectivity index (χ4n) is 2.00. The Morgan fingerprint density at radius 2 is 1.76 bits per heavy atom. The van der Waals surface area contributed by atoms with E-state index in [0.29, 0.717) is 0 Å². The summed E-state index contributed by atoms with van der Waals surface area (Å²) in [6.07, 6.45) is -0.145. The third-order valence-electron chi connectivity index (χ3n) is 3.32. The Morgan fingerprint density at radius 1 is 1.14 bits per heavy atom. The third kappa shape index (κ3) is 4.48. The van der Waals surface area contributed by atoms with Gasteiger partial charge < -0.3 is 15.5 Å². The van der Waals surface area contributed by atoms with Crippen molar-refractivity contribution >= 4 is 11.9 Å². The molecule has 0 fully saturated rings. The molecular formula is C16H23NO4. The Hall–Kier alpha value is -2.04. The number of carboxylic acids is 1. The molecule has 5 nitrogen and oxygen atoms in total. The Morgan fingerprint density at radius 3 is 2.24 bits per heavy atom. The highest BCUT2D eigenvalue weighted by molar-refractivity contribution is 5.97. The number of phenolic OH excluding ortho intramolecular Hbond substituents is 1. The maximum absolute atomic E-state index is 12.1. The standard InChI is InChI=1S/C16H23NO4/c1-9(2)11-7-12(10(3)4)15(20)13(8-11)16(21)17-6-5-14(18)19/h7-10,20H,5-6H2,1-4H3,(H,17,21)(H,18,19). The molecule has 0 aromatic heterocycles. The predicted molar refractivity (Wildman–Crippen MR) is 80.9 cm³/mol. The van der Waals surface area contributed by atoms with Crippen molar-refractivity contribution < 1.29 is 19.8 Å². The molecule has 0 aliphatic rings. The van der Waals surface area contributed by atoms with Gasteiger partial charge in [-0.15, -0.1) is 0 Å². The van der Waals surface area contributed by atoms with E-state index in [9.17, 15) is 14.7 Å². The van der Waals surface area contributed by atoms with Crippen molar-refractivity contribution in [3.63, 3.8) is 0 Å². The van der Waals surface area contributed by atoms with E-state index in [1.165, 1.54) is 0 Å². The van der Waals surface area contributed by atoms with Crippen molar-refractivity contribution in [3.8, 4) is 5.75 Å². The number of phenols is 1. The second kappa shape index (κ2) is 7.11. The Bertz CT molecular complexity index is 535. The van der Waals surface area contributed by atoms with Gasteiger partial charge in [0.1, 0.15) is 5.75 Å². The van der Waals surface area contributed by atoms with Crippen molar-refractivity contribution in [3.05, 3.63) is 28.8 Å². The van der Waals surface area contributed by atoms with Crippen LogP contribution in [0.1, 0.15) is 67.4 Å². The first kappa shape index (κ1) is 17.0. The second-order valence-electron chi connectivity index (χ2n) is 5.72. The molecule has 0 saturated carbocycles. The highest BCUT2D eigenvalue weighted by Crippen LogP contribution is 2.32. The minimum Gasteiger partial charge on any atom is -0.507 e. The van der Waals surface area contributed by atoms with E-state index in [0.717, 1.165) is 11.1 Å². The maximum atomic E-state index is 12.1. The summed E-state index contributed by atoms with van der Waals surface area (Å²) in [6.45, 7) is 7.97. The van der Waals surface area contributed by atoms with Crippen LogP contribution in [0.3, 0.4) is 0 Å². The number of carbonyl (C=O) groups excluding carboxylic acids is 1.